The van der Waals surface area contributed by atoms with Crippen molar-refractivity contribution < 1.29 is 5.11 Å². The van der Waals surface area contributed by atoms with Crippen molar-refractivity contribution in [3.8, 4) is 0 Å². The van der Waals surface area contributed by atoms with Gasteiger partial charge in [0.05, 0.1) is 6.61 Å². The summed E-state index contributed by atoms with van der Waals surface area (Å²) in [6.45, 7) is 0.540. The highest BCUT2D eigenvalue weighted by atomic mass is 35.5. The lowest BCUT2D eigenvalue weighted by molar-refractivity contribution is 0.288. The molecule has 1 aromatic rings. The van der Waals surface area contributed by atoms with Gasteiger partial charge in [0.15, 0.2) is 0 Å². The summed E-state index contributed by atoms with van der Waals surface area (Å²) in [6.07, 6.45) is 5.82. The molecule has 5 nitrogen and oxygen atoms in total. The number of rotatable bonds is 4. The van der Waals surface area contributed by atoms with Gasteiger partial charge in [0.1, 0.15) is 0 Å². The van der Waals surface area contributed by atoms with Crippen LogP contribution in [0.1, 0.15) is 32.1 Å². The van der Waals surface area contributed by atoms with Crippen LogP contribution < -0.4 is 4.90 Å². The molecule has 0 aliphatic heterocycles. The Hall–Kier alpha value is -0.650. The number of aliphatic hydroxyl groups excluding tert-OH is 1. The van der Waals surface area contributed by atoms with Gasteiger partial charge in [-0.15, -0.1) is 0 Å². The lowest BCUT2D eigenvalue weighted by Gasteiger charge is -2.33. The van der Waals surface area contributed by atoms with E-state index in [0.717, 1.165) is 12.8 Å². The van der Waals surface area contributed by atoms with Gasteiger partial charge in [0.2, 0.25) is 16.5 Å². The average Bonchev–Trinajstić information content (AvgIpc) is 2.36. The van der Waals surface area contributed by atoms with E-state index in [0.29, 0.717) is 18.5 Å². The largest absolute Gasteiger partial charge is 0.395 e. The summed E-state index contributed by atoms with van der Waals surface area (Å²) < 4.78 is 0. The van der Waals surface area contributed by atoms with Gasteiger partial charge in [-0.1, -0.05) is 19.3 Å². The number of halogens is 2. The molecule has 0 aromatic carbocycles. The molecule has 0 saturated heterocycles. The fraction of sp³-hybridized carbons (Fsp3) is 0.727. The number of hydrogen-bond donors (Lipinski definition) is 1. The van der Waals surface area contributed by atoms with Gasteiger partial charge in [0, 0.05) is 12.6 Å². The molecule has 18 heavy (non-hydrogen) atoms. The van der Waals surface area contributed by atoms with E-state index >= 15 is 0 Å². The summed E-state index contributed by atoms with van der Waals surface area (Å²) in [6, 6.07) is 0.348. The predicted octanol–water partition coefficient (Wildman–Crippen LogP) is 2.31. The van der Waals surface area contributed by atoms with E-state index in [9.17, 15) is 5.11 Å². The van der Waals surface area contributed by atoms with Crippen molar-refractivity contribution in [1.29, 1.82) is 0 Å². The van der Waals surface area contributed by atoms with Crippen LogP contribution in [0.5, 0.6) is 0 Å². The molecule has 0 amide bonds. The maximum absolute atomic E-state index is 9.19. The van der Waals surface area contributed by atoms with Crippen LogP contribution in [0.15, 0.2) is 0 Å². The SMILES string of the molecule is OCCN(c1nc(Cl)nc(Cl)n1)C1CCCCC1. The first kappa shape index (κ1) is 13.8. The van der Waals surface area contributed by atoms with Crippen molar-refractivity contribution in [3.63, 3.8) is 0 Å². The number of anilines is 1. The summed E-state index contributed by atoms with van der Waals surface area (Å²) in [4.78, 5) is 13.9. The predicted molar refractivity (Wildman–Crippen MR) is 71.2 cm³/mol. The molecular formula is C11H16Cl2N4O. The zero-order valence-corrected chi connectivity index (χ0v) is 11.5. The van der Waals surface area contributed by atoms with Gasteiger partial charge in [-0.2, -0.15) is 15.0 Å². The molecule has 1 fully saturated rings. The molecule has 1 aliphatic rings. The Labute approximate surface area is 116 Å². The molecule has 0 bridgehead atoms. The topological polar surface area (TPSA) is 62.1 Å². The van der Waals surface area contributed by atoms with E-state index in [-0.39, 0.29) is 17.2 Å². The Kier molecular flexibility index (Phi) is 4.97. The lowest BCUT2D eigenvalue weighted by atomic mass is 9.94. The van der Waals surface area contributed by atoms with Gasteiger partial charge in [-0.25, -0.2) is 0 Å². The highest BCUT2D eigenvalue weighted by Crippen LogP contribution is 2.26. The number of nitrogens with zero attached hydrogens (tertiary/aromatic N) is 4. The lowest BCUT2D eigenvalue weighted by Crippen LogP contribution is -2.40. The van der Waals surface area contributed by atoms with Crippen LogP contribution in [0, 0.1) is 0 Å². The van der Waals surface area contributed by atoms with Crippen LogP contribution in [-0.2, 0) is 0 Å². The average molecular weight is 291 g/mol. The summed E-state index contributed by atoms with van der Waals surface area (Å²) in [5, 5.41) is 9.36. The van der Waals surface area contributed by atoms with E-state index in [2.05, 4.69) is 15.0 Å². The molecule has 1 heterocycles. The molecular weight excluding hydrogens is 275 g/mol. The van der Waals surface area contributed by atoms with Gasteiger partial charge in [0.25, 0.3) is 0 Å². The normalized spacial score (nSPS) is 16.8. The highest BCUT2D eigenvalue weighted by molar-refractivity contribution is 6.31. The molecule has 2 rings (SSSR count). The Morgan fingerprint density at radius 2 is 1.67 bits per heavy atom. The third-order valence-corrected chi connectivity index (χ3v) is 3.52. The molecule has 1 N–H and O–H groups in total. The molecule has 0 atom stereocenters. The van der Waals surface area contributed by atoms with Gasteiger partial charge in [-0.05, 0) is 36.0 Å². The van der Waals surface area contributed by atoms with Crippen LogP contribution >= 0.6 is 23.2 Å². The summed E-state index contributed by atoms with van der Waals surface area (Å²) in [7, 11) is 0. The fourth-order valence-electron chi connectivity index (χ4n) is 2.39. The zero-order valence-electron chi connectivity index (χ0n) is 10.0. The third-order valence-electron chi connectivity index (χ3n) is 3.18. The molecule has 0 unspecified atom stereocenters. The second kappa shape index (κ2) is 6.50. The fourth-order valence-corrected chi connectivity index (χ4v) is 2.75. The number of aromatic nitrogens is 3. The third kappa shape index (κ3) is 3.43. The first-order valence-corrected chi connectivity index (χ1v) is 6.91. The van der Waals surface area contributed by atoms with Crippen LogP contribution in [0.4, 0.5) is 5.95 Å². The molecule has 1 aromatic heterocycles. The molecule has 100 valence electrons. The summed E-state index contributed by atoms with van der Waals surface area (Å²) in [5.74, 6) is 0.459. The zero-order chi connectivity index (χ0) is 13.0. The number of hydrogen-bond acceptors (Lipinski definition) is 5. The van der Waals surface area contributed by atoms with Crippen molar-refractivity contribution in [3.05, 3.63) is 10.6 Å². The van der Waals surface area contributed by atoms with Crippen molar-refractivity contribution in [2.45, 2.75) is 38.1 Å². The molecule has 1 saturated carbocycles. The Bertz CT molecular complexity index is 378. The van der Waals surface area contributed by atoms with Gasteiger partial charge >= 0.3 is 0 Å². The minimum atomic E-state index is 0.0530. The van der Waals surface area contributed by atoms with E-state index < -0.39 is 0 Å². The van der Waals surface area contributed by atoms with Crippen LogP contribution in [0.25, 0.3) is 0 Å². The minimum Gasteiger partial charge on any atom is -0.395 e. The quantitative estimate of drug-likeness (QED) is 0.922. The van der Waals surface area contributed by atoms with Crippen LogP contribution in [-0.4, -0.2) is 39.3 Å². The van der Waals surface area contributed by atoms with Crippen LogP contribution in [0.2, 0.25) is 10.6 Å². The minimum absolute atomic E-state index is 0.0530. The van der Waals surface area contributed by atoms with Crippen molar-refractivity contribution in [2.75, 3.05) is 18.1 Å². The first-order chi connectivity index (χ1) is 8.70. The monoisotopic (exact) mass is 290 g/mol. The van der Waals surface area contributed by atoms with E-state index in [1.807, 2.05) is 4.90 Å². The first-order valence-electron chi connectivity index (χ1n) is 6.15. The van der Waals surface area contributed by atoms with Crippen LogP contribution in [0.3, 0.4) is 0 Å². The summed E-state index contributed by atoms with van der Waals surface area (Å²) in [5.41, 5.74) is 0. The smallest absolute Gasteiger partial charge is 0.231 e. The van der Waals surface area contributed by atoms with Crippen molar-refractivity contribution in [2.24, 2.45) is 0 Å². The summed E-state index contributed by atoms with van der Waals surface area (Å²) >= 11 is 11.6. The molecule has 1 aliphatic carbocycles. The van der Waals surface area contributed by atoms with E-state index in [4.69, 9.17) is 23.2 Å². The Balaban J connectivity index is 2.22. The maximum Gasteiger partial charge on any atom is 0.231 e. The maximum atomic E-state index is 9.19. The van der Waals surface area contributed by atoms with E-state index in [1.165, 1.54) is 19.3 Å². The standard InChI is InChI=1S/C11H16Cl2N4O/c12-9-14-10(13)16-11(15-9)17(6-7-18)8-4-2-1-3-5-8/h8,18H,1-7H2. The van der Waals surface area contributed by atoms with Gasteiger partial charge in [-0.3, -0.25) is 0 Å². The van der Waals surface area contributed by atoms with Crippen molar-refractivity contribution >= 4 is 29.2 Å². The van der Waals surface area contributed by atoms with E-state index in [1.54, 1.807) is 0 Å². The van der Waals surface area contributed by atoms with Gasteiger partial charge < -0.3 is 10.0 Å². The molecule has 0 spiro atoms. The highest BCUT2D eigenvalue weighted by Gasteiger charge is 2.23. The molecule has 7 heteroatoms. The Morgan fingerprint density at radius 3 is 2.22 bits per heavy atom. The van der Waals surface area contributed by atoms with Crippen molar-refractivity contribution in [1.82, 2.24) is 15.0 Å². The second-order valence-electron chi connectivity index (χ2n) is 4.38. The second-order valence-corrected chi connectivity index (χ2v) is 5.06. The molecule has 0 radical (unpaired) electrons. The Morgan fingerprint density at radius 1 is 1.06 bits per heavy atom. The number of aliphatic hydroxyl groups is 1.